The first-order valence-corrected chi connectivity index (χ1v) is 10.4. The molecule has 0 unspecified atom stereocenters. The van der Waals surface area contributed by atoms with Gasteiger partial charge in [0.2, 0.25) is 11.8 Å². The number of hydrogen-bond acceptors (Lipinski definition) is 4. The van der Waals surface area contributed by atoms with Gasteiger partial charge >= 0.3 is 0 Å². The van der Waals surface area contributed by atoms with E-state index in [0.29, 0.717) is 17.0 Å². The molecule has 29 heavy (non-hydrogen) atoms. The molecule has 5 rings (SSSR count). The fourth-order valence-corrected chi connectivity index (χ4v) is 5.03. The van der Waals surface area contributed by atoms with E-state index in [4.69, 9.17) is 4.74 Å². The molecular formula is C23H18BrNO4. The third-order valence-corrected chi connectivity index (χ3v) is 6.63. The summed E-state index contributed by atoms with van der Waals surface area (Å²) in [6, 6.07) is 13.9. The molecule has 1 aliphatic heterocycles. The molecule has 5 nitrogen and oxygen atoms in total. The zero-order valence-corrected chi connectivity index (χ0v) is 17.0. The maximum Gasteiger partial charge on any atom is 0.238 e. The average molecular weight is 452 g/mol. The lowest BCUT2D eigenvalue weighted by molar-refractivity contribution is -0.123. The van der Waals surface area contributed by atoms with Crippen molar-refractivity contribution >= 4 is 39.2 Å². The normalized spacial score (nSPS) is 26.9. The third kappa shape index (κ3) is 2.94. The number of fused-ring (bicyclic) bond motifs is 5. The van der Waals surface area contributed by atoms with E-state index in [0.717, 1.165) is 10.9 Å². The predicted octanol–water partition coefficient (Wildman–Crippen LogP) is 4.02. The molecule has 146 valence electrons. The molecule has 4 atom stereocenters. The number of carbonyl (C=O) groups excluding carboxylic acids is 3. The minimum absolute atomic E-state index is 0.151. The number of anilines is 1. The standard InChI is InChI=1S/C23H18BrNO4/c24-16-9-7-13(8-10-16)18(26)12-29-19-4-2-1-3-17(19)25-22(27)20-14-5-6-15(11-14)21(20)23(25)28/h1-10,14-15,20-21H,11-12H2/t14-,15-,20+,21+/m0/s1. The molecule has 3 aliphatic rings. The quantitative estimate of drug-likeness (QED) is 0.391. The fourth-order valence-electron chi connectivity index (χ4n) is 4.77. The first-order chi connectivity index (χ1) is 14.0. The number of nitrogens with zero attached hydrogens (tertiary/aromatic N) is 1. The number of Topliss-reactive ketones (excluding diaryl/α,β-unsaturated/α-hetero) is 1. The Morgan fingerprint density at radius 2 is 1.59 bits per heavy atom. The summed E-state index contributed by atoms with van der Waals surface area (Å²) in [7, 11) is 0. The number of ether oxygens (including phenoxy) is 1. The van der Waals surface area contributed by atoms with Crippen LogP contribution in [0.3, 0.4) is 0 Å². The Balaban J connectivity index is 1.38. The first kappa shape index (κ1) is 18.3. The number of benzene rings is 2. The molecule has 0 radical (unpaired) electrons. The van der Waals surface area contributed by atoms with Crippen LogP contribution in [0.5, 0.6) is 5.75 Å². The summed E-state index contributed by atoms with van der Waals surface area (Å²) >= 11 is 3.35. The summed E-state index contributed by atoms with van der Waals surface area (Å²) in [5, 5.41) is 0. The van der Waals surface area contributed by atoms with Gasteiger partial charge in [-0.2, -0.15) is 0 Å². The summed E-state index contributed by atoms with van der Waals surface area (Å²) in [6.07, 6.45) is 5.03. The molecule has 2 aliphatic carbocycles. The van der Waals surface area contributed by atoms with Gasteiger partial charge in [-0.15, -0.1) is 0 Å². The average Bonchev–Trinajstić information content (AvgIpc) is 3.41. The largest absolute Gasteiger partial charge is 0.483 e. The second kappa shape index (κ2) is 6.95. The van der Waals surface area contributed by atoms with Crippen LogP contribution in [0.15, 0.2) is 65.2 Å². The summed E-state index contributed by atoms with van der Waals surface area (Å²) in [5.41, 5.74) is 0.955. The number of hydrogen-bond donors (Lipinski definition) is 0. The van der Waals surface area contributed by atoms with E-state index in [9.17, 15) is 14.4 Å². The van der Waals surface area contributed by atoms with Crippen molar-refractivity contribution in [3.63, 3.8) is 0 Å². The van der Waals surface area contributed by atoms with Gasteiger partial charge in [0.05, 0.1) is 17.5 Å². The smallest absolute Gasteiger partial charge is 0.238 e. The Hall–Kier alpha value is -2.73. The maximum absolute atomic E-state index is 13.1. The van der Waals surface area contributed by atoms with Crippen LogP contribution in [0.2, 0.25) is 0 Å². The Morgan fingerprint density at radius 3 is 2.24 bits per heavy atom. The van der Waals surface area contributed by atoms with E-state index in [1.165, 1.54) is 4.90 Å². The molecule has 2 amide bonds. The highest BCUT2D eigenvalue weighted by Crippen LogP contribution is 2.53. The number of ketones is 1. The van der Waals surface area contributed by atoms with E-state index in [1.54, 1.807) is 48.5 Å². The van der Waals surface area contributed by atoms with Crippen molar-refractivity contribution in [1.29, 1.82) is 0 Å². The minimum atomic E-state index is -0.269. The van der Waals surface area contributed by atoms with Crippen molar-refractivity contribution in [2.45, 2.75) is 6.42 Å². The second-order valence-corrected chi connectivity index (χ2v) is 8.61. The van der Waals surface area contributed by atoms with Crippen molar-refractivity contribution < 1.29 is 19.1 Å². The Labute approximate surface area is 176 Å². The lowest BCUT2D eigenvalue weighted by atomic mass is 9.85. The van der Waals surface area contributed by atoms with E-state index in [1.807, 2.05) is 0 Å². The van der Waals surface area contributed by atoms with E-state index < -0.39 is 0 Å². The molecule has 2 fully saturated rings. The number of carbonyl (C=O) groups is 3. The van der Waals surface area contributed by atoms with Gasteiger partial charge in [-0.05, 0) is 42.5 Å². The van der Waals surface area contributed by atoms with Crippen LogP contribution < -0.4 is 9.64 Å². The molecule has 0 N–H and O–H groups in total. The lowest BCUT2D eigenvalue weighted by Crippen LogP contribution is -2.33. The Morgan fingerprint density at radius 1 is 0.966 bits per heavy atom. The van der Waals surface area contributed by atoms with Crippen LogP contribution >= 0.6 is 15.9 Å². The molecular weight excluding hydrogens is 434 g/mol. The van der Waals surface area contributed by atoms with Gasteiger partial charge in [0.25, 0.3) is 0 Å². The Bertz CT molecular complexity index is 1020. The molecule has 0 aromatic heterocycles. The van der Waals surface area contributed by atoms with Crippen LogP contribution in [-0.2, 0) is 9.59 Å². The first-order valence-electron chi connectivity index (χ1n) is 9.61. The van der Waals surface area contributed by atoms with Crippen LogP contribution in [0.25, 0.3) is 0 Å². The third-order valence-electron chi connectivity index (χ3n) is 6.10. The molecule has 1 heterocycles. The molecule has 1 saturated heterocycles. The molecule has 2 aromatic rings. The fraction of sp³-hybridized carbons (Fsp3) is 0.261. The monoisotopic (exact) mass is 451 g/mol. The van der Waals surface area contributed by atoms with E-state index in [-0.39, 0.29) is 47.9 Å². The number of halogens is 1. The van der Waals surface area contributed by atoms with Crippen LogP contribution in [0.4, 0.5) is 5.69 Å². The SMILES string of the molecule is O=C(COc1ccccc1N1C(=O)[C@H]2[C@H](C1=O)[C@H]1C=C[C@H]2C1)c1ccc(Br)cc1. The summed E-state index contributed by atoms with van der Waals surface area (Å²) < 4.78 is 6.65. The van der Waals surface area contributed by atoms with Gasteiger partial charge in [-0.25, -0.2) is 4.90 Å². The predicted molar refractivity (Wildman–Crippen MR) is 111 cm³/mol. The van der Waals surface area contributed by atoms with Gasteiger partial charge < -0.3 is 4.74 Å². The topological polar surface area (TPSA) is 63.7 Å². The highest BCUT2D eigenvalue weighted by Gasteiger charge is 2.59. The van der Waals surface area contributed by atoms with E-state index in [2.05, 4.69) is 28.1 Å². The highest BCUT2D eigenvalue weighted by molar-refractivity contribution is 9.10. The zero-order valence-electron chi connectivity index (χ0n) is 15.5. The van der Waals surface area contributed by atoms with E-state index >= 15 is 0 Å². The van der Waals surface area contributed by atoms with Gasteiger partial charge in [0.15, 0.2) is 12.4 Å². The Kier molecular flexibility index (Phi) is 4.39. The van der Waals surface area contributed by atoms with Crippen LogP contribution in [-0.4, -0.2) is 24.2 Å². The lowest BCUT2D eigenvalue weighted by Gasteiger charge is -2.20. The maximum atomic E-state index is 13.1. The molecule has 1 saturated carbocycles. The number of para-hydroxylation sites is 2. The molecule has 0 spiro atoms. The van der Waals surface area contributed by atoms with Crippen molar-refractivity contribution in [2.24, 2.45) is 23.7 Å². The minimum Gasteiger partial charge on any atom is -0.483 e. The molecule has 6 heteroatoms. The number of imide groups is 1. The highest BCUT2D eigenvalue weighted by atomic mass is 79.9. The van der Waals surface area contributed by atoms with Crippen molar-refractivity contribution in [2.75, 3.05) is 11.5 Å². The van der Waals surface area contributed by atoms with Crippen LogP contribution in [0, 0.1) is 23.7 Å². The summed E-state index contributed by atoms with van der Waals surface area (Å²) in [4.78, 5) is 39.9. The van der Waals surface area contributed by atoms with Gasteiger partial charge in [0.1, 0.15) is 5.75 Å². The second-order valence-electron chi connectivity index (χ2n) is 7.70. The van der Waals surface area contributed by atoms with Gasteiger partial charge in [-0.1, -0.05) is 52.3 Å². The molecule has 2 aromatic carbocycles. The number of allylic oxidation sites excluding steroid dienone is 2. The van der Waals surface area contributed by atoms with Gasteiger partial charge in [-0.3, -0.25) is 14.4 Å². The number of amides is 2. The summed E-state index contributed by atoms with van der Waals surface area (Å²) in [6.45, 7) is -0.172. The van der Waals surface area contributed by atoms with Crippen molar-refractivity contribution in [3.8, 4) is 5.75 Å². The van der Waals surface area contributed by atoms with Crippen LogP contribution in [0.1, 0.15) is 16.8 Å². The van der Waals surface area contributed by atoms with Gasteiger partial charge in [0, 0.05) is 10.0 Å². The van der Waals surface area contributed by atoms with Crippen molar-refractivity contribution in [3.05, 3.63) is 70.7 Å². The summed E-state index contributed by atoms with van der Waals surface area (Å²) in [5.74, 6) is -0.369. The van der Waals surface area contributed by atoms with Crippen molar-refractivity contribution in [1.82, 2.24) is 0 Å². The zero-order chi connectivity index (χ0) is 20.1. The molecule has 2 bridgehead atoms. The number of rotatable bonds is 5.